The molecule has 0 aromatic heterocycles. The van der Waals surface area contributed by atoms with Crippen molar-refractivity contribution in [3.63, 3.8) is 0 Å². The third kappa shape index (κ3) is 4.77. The summed E-state index contributed by atoms with van der Waals surface area (Å²) in [5, 5.41) is 13.4. The number of hydrogen-bond acceptors (Lipinski definition) is 6. The second kappa shape index (κ2) is 8.26. The number of aryl methyl sites for hydroxylation is 1. The lowest BCUT2D eigenvalue weighted by molar-refractivity contribution is -0.384. The van der Waals surface area contributed by atoms with Gasteiger partial charge in [-0.3, -0.25) is 19.2 Å². The number of hydrogen-bond donors (Lipinski definition) is 1. The maximum Gasteiger partial charge on any atom is 0.271 e. The molecular formula is C18H21N3O6S. The number of ether oxygens (including phenoxy) is 1. The van der Waals surface area contributed by atoms with Gasteiger partial charge in [-0.2, -0.15) is 0 Å². The number of amides is 1. The highest BCUT2D eigenvalue weighted by Crippen LogP contribution is 2.33. The SMILES string of the molecule is COc1ccc(C)cc1N([C@H](C)C(=O)Nc1cccc([N+](=O)[O-])c1)S(C)(=O)=O. The summed E-state index contributed by atoms with van der Waals surface area (Å²) < 4.78 is 31.1. The van der Waals surface area contributed by atoms with Crippen LogP contribution in [-0.4, -0.2) is 38.7 Å². The summed E-state index contributed by atoms with van der Waals surface area (Å²) in [5.74, 6) is -0.347. The number of carbonyl (C=O) groups excluding carboxylic acids is 1. The Balaban J connectivity index is 2.40. The van der Waals surface area contributed by atoms with Crippen LogP contribution in [0.15, 0.2) is 42.5 Å². The maximum absolute atomic E-state index is 12.7. The van der Waals surface area contributed by atoms with Gasteiger partial charge >= 0.3 is 0 Å². The van der Waals surface area contributed by atoms with E-state index in [1.165, 1.54) is 38.3 Å². The van der Waals surface area contributed by atoms with Crippen LogP contribution in [-0.2, 0) is 14.8 Å². The lowest BCUT2D eigenvalue weighted by Gasteiger charge is -2.29. The van der Waals surface area contributed by atoms with Crippen LogP contribution in [0.25, 0.3) is 0 Å². The molecule has 0 aliphatic heterocycles. The fraction of sp³-hybridized carbons (Fsp3) is 0.278. The molecule has 0 saturated carbocycles. The smallest absolute Gasteiger partial charge is 0.271 e. The molecule has 0 fully saturated rings. The molecule has 0 radical (unpaired) electrons. The van der Waals surface area contributed by atoms with Crippen molar-refractivity contribution >= 4 is 33.0 Å². The van der Waals surface area contributed by atoms with Gasteiger partial charge in [-0.15, -0.1) is 0 Å². The Morgan fingerprint density at radius 1 is 1.25 bits per heavy atom. The Kier molecular flexibility index (Phi) is 6.24. The van der Waals surface area contributed by atoms with E-state index in [0.29, 0.717) is 5.75 Å². The third-order valence-corrected chi connectivity index (χ3v) is 5.21. The van der Waals surface area contributed by atoms with Crippen LogP contribution in [0.4, 0.5) is 17.1 Å². The van der Waals surface area contributed by atoms with Crippen LogP contribution >= 0.6 is 0 Å². The summed E-state index contributed by atoms with van der Waals surface area (Å²) in [5.41, 5.74) is 1.02. The van der Waals surface area contributed by atoms with Crippen molar-refractivity contribution in [2.45, 2.75) is 19.9 Å². The fourth-order valence-electron chi connectivity index (χ4n) is 2.70. The summed E-state index contributed by atoms with van der Waals surface area (Å²) in [4.78, 5) is 23.0. The van der Waals surface area contributed by atoms with Crippen molar-refractivity contribution in [1.29, 1.82) is 0 Å². The van der Waals surface area contributed by atoms with Gasteiger partial charge in [-0.25, -0.2) is 8.42 Å². The Bertz CT molecular complexity index is 1010. The first-order valence-corrected chi connectivity index (χ1v) is 10.1. The monoisotopic (exact) mass is 407 g/mol. The minimum atomic E-state index is -3.84. The lowest BCUT2D eigenvalue weighted by Crippen LogP contribution is -2.45. The van der Waals surface area contributed by atoms with Gasteiger partial charge in [-0.1, -0.05) is 12.1 Å². The molecule has 0 aliphatic carbocycles. The summed E-state index contributed by atoms with van der Waals surface area (Å²) >= 11 is 0. The van der Waals surface area contributed by atoms with Crippen LogP contribution in [0, 0.1) is 17.0 Å². The van der Waals surface area contributed by atoms with Gasteiger partial charge < -0.3 is 10.1 Å². The largest absolute Gasteiger partial charge is 0.495 e. The number of methoxy groups -OCH3 is 1. The van der Waals surface area contributed by atoms with Gasteiger partial charge in [0.2, 0.25) is 15.9 Å². The standard InChI is InChI=1S/C18H21N3O6S/c1-12-8-9-17(27-3)16(10-12)20(28(4,25)26)13(2)18(22)19-14-6-5-7-15(11-14)21(23)24/h5-11,13H,1-4H3,(H,19,22)/t13-/m1/s1. The maximum atomic E-state index is 12.7. The van der Waals surface area contributed by atoms with E-state index >= 15 is 0 Å². The molecule has 2 rings (SSSR count). The Labute approximate surface area is 163 Å². The van der Waals surface area contributed by atoms with Crippen LogP contribution in [0.1, 0.15) is 12.5 Å². The van der Waals surface area contributed by atoms with Crippen molar-refractivity contribution in [1.82, 2.24) is 0 Å². The quantitative estimate of drug-likeness (QED) is 0.557. The number of non-ortho nitro benzene ring substituents is 1. The van der Waals surface area contributed by atoms with Gasteiger partial charge in [-0.05, 0) is 37.6 Å². The second-order valence-electron chi connectivity index (χ2n) is 6.21. The average molecular weight is 407 g/mol. The zero-order chi connectivity index (χ0) is 21.1. The number of nitrogens with one attached hydrogen (secondary N) is 1. The van der Waals surface area contributed by atoms with E-state index in [1.54, 1.807) is 25.1 Å². The van der Waals surface area contributed by atoms with Crippen LogP contribution < -0.4 is 14.4 Å². The molecule has 0 saturated heterocycles. The molecule has 0 aliphatic rings. The van der Waals surface area contributed by atoms with E-state index in [9.17, 15) is 23.3 Å². The molecule has 0 unspecified atom stereocenters. The highest BCUT2D eigenvalue weighted by molar-refractivity contribution is 7.92. The molecule has 1 atom stereocenters. The molecule has 150 valence electrons. The molecule has 2 aromatic carbocycles. The molecule has 28 heavy (non-hydrogen) atoms. The van der Waals surface area contributed by atoms with Gasteiger partial charge in [0.05, 0.1) is 24.0 Å². The number of rotatable bonds is 7. The topological polar surface area (TPSA) is 119 Å². The van der Waals surface area contributed by atoms with Crippen LogP contribution in [0.2, 0.25) is 0 Å². The summed E-state index contributed by atoms with van der Waals surface area (Å²) in [7, 11) is -2.44. The Hall–Kier alpha value is -3.14. The molecule has 9 nitrogen and oxygen atoms in total. The highest BCUT2D eigenvalue weighted by atomic mass is 32.2. The molecule has 0 bridgehead atoms. The first-order chi connectivity index (χ1) is 13.0. The lowest BCUT2D eigenvalue weighted by atomic mass is 10.2. The highest BCUT2D eigenvalue weighted by Gasteiger charge is 2.31. The molecule has 1 amide bonds. The van der Waals surface area contributed by atoms with Crippen molar-refractivity contribution in [3.05, 3.63) is 58.1 Å². The second-order valence-corrected chi connectivity index (χ2v) is 8.07. The van der Waals surface area contributed by atoms with Crippen molar-refractivity contribution < 1.29 is 22.9 Å². The first kappa shape index (κ1) is 21.2. The summed E-state index contributed by atoms with van der Waals surface area (Å²) in [6, 6.07) is 9.25. The summed E-state index contributed by atoms with van der Waals surface area (Å²) in [6.07, 6.45) is 0.992. The minimum absolute atomic E-state index is 0.189. The van der Waals surface area contributed by atoms with Gasteiger partial charge in [0.1, 0.15) is 11.8 Å². The number of nitro benzene ring substituents is 1. The van der Waals surface area contributed by atoms with E-state index < -0.39 is 26.9 Å². The van der Waals surface area contributed by atoms with Gasteiger partial charge in [0.25, 0.3) is 5.69 Å². The van der Waals surface area contributed by atoms with Crippen molar-refractivity contribution in [2.24, 2.45) is 0 Å². The molecule has 1 N–H and O–H groups in total. The van der Waals surface area contributed by atoms with E-state index in [-0.39, 0.29) is 17.1 Å². The number of sulfonamides is 1. The number of nitrogens with zero attached hydrogens (tertiary/aromatic N) is 2. The predicted molar refractivity (Wildman–Crippen MR) is 106 cm³/mol. The molecule has 10 heteroatoms. The van der Waals surface area contributed by atoms with Crippen LogP contribution in [0.5, 0.6) is 5.75 Å². The number of carbonyl (C=O) groups is 1. The molecule has 2 aromatic rings. The Morgan fingerprint density at radius 2 is 1.93 bits per heavy atom. The van der Waals surface area contributed by atoms with E-state index in [2.05, 4.69) is 5.32 Å². The van der Waals surface area contributed by atoms with Gasteiger partial charge in [0.15, 0.2) is 0 Å². The van der Waals surface area contributed by atoms with Crippen LogP contribution in [0.3, 0.4) is 0 Å². The normalized spacial score (nSPS) is 12.1. The Morgan fingerprint density at radius 3 is 2.50 bits per heavy atom. The van der Waals surface area contributed by atoms with E-state index in [4.69, 9.17) is 4.74 Å². The molecule has 0 spiro atoms. The number of anilines is 2. The van der Waals surface area contributed by atoms with E-state index in [1.807, 2.05) is 0 Å². The average Bonchev–Trinajstić information content (AvgIpc) is 2.61. The molecular weight excluding hydrogens is 386 g/mol. The number of nitro groups is 1. The fourth-order valence-corrected chi connectivity index (χ4v) is 3.87. The van der Waals surface area contributed by atoms with Gasteiger partial charge in [0, 0.05) is 17.8 Å². The first-order valence-electron chi connectivity index (χ1n) is 8.24. The van der Waals surface area contributed by atoms with Crippen molar-refractivity contribution in [3.8, 4) is 5.75 Å². The minimum Gasteiger partial charge on any atom is -0.495 e. The number of benzene rings is 2. The van der Waals surface area contributed by atoms with Crippen molar-refractivity contribution in [2.75, 3.05) is 23.0 Å². The molecule has 0 heterocycles. The predicted octanol–water partition coefficient (Wildman–Crippen LogP) is 2.71. The van der Waals surface area contributed by atoms with E-state index in [0.717, 1.165) is 16.1 Å². The zero-order valence-electron chi connectivity index (χ0n) is 15.9. The zero-order valence-corrected chi connectivity index (χ0v) is 16.7. The summed E-state index contributed by atoms with van der Waals surface area (Å²) in [6.45, 7) is 3.22. The third-order valence-electron chi connectivity index (χ3n) is 3.98.